The molecule has 0 spiro atoms. The van der Waals surface area contributed by atoms with Crippen LogP contribution in [0.2, 0.25) is 0 Å². The molecule has 1 saturated carbocycles. The van der Waals surface area contributed by atoms with E-state index in [4.69, 9.17) is 9.26 Å². The lowest BCUT2D eigenvalue weighted by molar-refractivity contribution is -0.0755. The zero-order valence-corrected chi connectivity index (χ0v) is 13.3. The number of ether oxygens (including phenoxy) is 1. The van der Waals surface area contributed by atoms with Gasteiger partial charge in [-0.2, -0.15) is 0 Å². The predicted octanol–water partition coefficient (Wildman–Crippen LogP) is 3.26. The number of nitrogens with zero attached hydrogens (tertiary/aromatic N) is 2. The standard InChI is InChI=1S/C18H19FN2O3/c19-13-6-2-1-5-12(13)17-11-14(20-24-17)18(22)21-9-10-23-16-8-4-3-7-15(16)21/h1-2,5-6,11,15-16H,3-4,7-10H2/t15-,16+/m0/s1. The topological polar surface area (TPSA) is 55.6 Å². The van der Waals surface area contributed by atoms with Crippen molar-refractivity contribution in [1.82, 2.24) is 10.1 Å². The first-order valence-corrected chi connectivity index (χ1v) is 8.38. The SMILES string of the molecule is O=C(c1cc(-c2ccccc2F)on1)N1CCO[C@@H]2CCCC[C@@H]21. The molecule has 1 aromatic carbocycles. The van der Waals surface area contributed by atoms with Gasteiger partial charge in [-0.05, 0) is 25.0 Å². The zero-order valence-electron chi connectivity index (χ0n) is 13.3. The molecule has 1 aliphatic heterocycles. The highest BCUT2D eigenvalue weighted by atomic mass is 19.1. The van der Waals surface area contributed by atoms with Gasteiger partial charge in [-0.25, -0.2) is 4.39 Å². The Bertz CT molecular complexity index is 743. The van der Waals surface area contributed by atoms with Crippen LogP contribution >= 0.6 is 0 Å². The maximum absolute atomic E-state index is 13.9. The first-order valence-electron chi connectivity index (χ1n) is 8.38. The van der Waals surface area contributed by atoms with Crippen molar-refractivity contribution in [2.24, 2.45) is 0 Å². The fourth-order valence-corrected chi connectivity index (χ4v) is 3.66. The summed E-state index contributed by atoms with van der Waals surface area (Å²) in [7, 11) is 0. The fourth-order valence-electron chi connectivity index (χ4n) is 3.66. The molecule has 126 valence electrons. The number of rotatable bonds is 2. The molecule has 4 rings (SSSR count). The summed E-state index contributed by atoms with van der Waals surface area (Å²) in [5.74, 6) is -0.294. The highest BCUT2D eigenvalue weighted by molar-refractivity contribution is 5.93. The van der Waals surface area contributed by atoms with Crippen LogP contribution in [-0.4, -0.2) is 41.3 Å². The van der Waals surface area contributed by atoms with Crippen LogP contribution in [0.4, 0.5) is 4.39 Å². The Hall–Kier alpha value is -2.21. The van der Waals surface area contributed by atoms with Crippen LogP contribution in [-0.2, 0) is 4.74 Å². The van der Waals surface area contributed by atoms with Gasteiger partial charge in [0.15, 0.2) is 11.5 Å². The molecular weight excluding hydrogens is 311 g/mol. The van der Waals surface area contributed by atoms with Gasteiger partial charge < -0.3 is 14.2 Å². The summed E-state index contributed by atoms with van der Waals surface area (Å²) in [6, 6.07) is 7.92. The molecule has 0 bridgehead atoms. The molecule has 1 aliphatic carbocycles. The lowest BCUT2D eigenvalue weighted by Gasteiger charge is -2.43. The number of amides is 1. The largest absolute Gasteiger partial charge is 0.374 e. The van der Waals surface area contributed by atoms with Crippen molar-refractivity contribution >= 4 is 5.91 Å². The van der Waals surface area contributed by atoms with E-state index in [2.05, 4.69) is 5.16 Å². The first-order chi connectivity index (χ1) is 11.7. The number of carbonyl (C=O) groups excluding carboxylic acids is 1. The molecule has 2 aliphatic rings. The second-order valence-electron chi connectivity index (χ2n) is 6.32. The second-order valence-corrected chi connectivity index (χ2v) is 6.32. The number of benzene rings is 1. The molecule has 1 aromatic heterocycles. The molecule has 6 heteroatoms. The van der Waals surface area contributed by atoms with Gasteiger partial charge in [-0.3, -0.25) is 4.79 Å². The minimum Gasteiger partial charge on any atom is -0.374 e. The van der Waals surface area contributed by atoms with Gasteiger partial charge in [-0.1, -0.05) is 30.1 Å². The van der Waals surface area contributed by atoms with E-state index in [1.165, 1.54) is 12.1 Å². The Morgan fingerprint density at radius 3 is 2.96 bits per heavy atom. The maximum Gasteiger partial charge on any atom is 0.276 e. The normalized spacial score (nSPS) is 23.8. The van der Waals surface area contributed by atoms with Gasteiger partial charge >= 0.3 is 0 Å². The van der Waals surface area contributed by atoms with Crippen molar-refractivity contribution in [2.45, 2.75) is 37.8 Å². The highest BCUT2D eigenvalue weighted by Gasteiger charge is 2.37. The number of hydrogen-bond donors (Lipinski definition) is 0. The number of hydrogen-bond acceptors (Lipinski definition) is 4. The molecule has 2 heterocycles. The Balaban J connectivity index is 1.58. The molecule has 0 radical (unpaired) electrons. The Kier molecular flexibility index (Phi) is 4.06. The average Bonchev–Trinajstić information content (AvgIpc) is 3.11. The summed E-state index contributed by atoms with van der Waals surface area (Å²) >= 11 is 0. The minimum atomic E-state index is -0.397. The van der Waals surface area contributed by atoms with Crippen molar-refractivity contribution in [2.75, 3.05) is 13.2 Å². The summed E-state index contributed by atoms with van der Waals surface area (Å²) < 4.78 is 24.9. The third-order valence-corrected chi connectivity index (χ3v) is 4.86. The van der Waals surface area contributed by atoms with E-state index in [1.54, 1.807) is 18.2 Å². The number of morpholine rings is 1. The van der Waals surface area contributed by atoms with E-state index in [0.29, 0.717) is 18.7 Å². The first kappa shape index (κ1) is 15.3. The van der Waals surface area contributed by atoms with E-state index in [1.807, 2.05) is 4.90 Å². The van der Waals surface area contributed by atoms with Gasteiger partial charge in [-0.15, -0.1) is 0 Å². The molecule has 24 heavy (non-hydrogen) atoms. The fraction of sp³-hybridized carbons (Fsp3) is 0.444. The number of halogens is 1. The molecule has 2 aromatic rings. The van der Waals surface area contributed by atoms with Gasteiger partial charge in [0.1, 0.15) is 5.82 Å². The molecule has 5 nitrogen and oxygen atoms in total. The van der Waals surface area contributed by atoms with E-state index in [0.717, 1.165) is 25.7 Å². The van der Waals surface area contributed by atoms with Crippen molar-refractivity contribution in [1.29, 1.82) is 0 Å². The van der Waals surface area contributed by atoms with E-state index in [9.17, 15) is 9.18 Å². The molecule has 0 unspecified atom stereocenters. The van der Waals surface area contributed by atoms with Crippen LogP contribution in [0, 0.1) is 5.82 Å². The van der Waals surface area contributed by atoms with Crippen LogP contribution in [0.25, 0.3) is 11.3 Å². The van der Waals surface area contributed by atoms with E-state index in [-0.39, 0.29) is 29.5 Å². The molecular formula is C18H19FN2O3. The third kappa shape index (κ3) is 2.71. The average molecular weight is 330 g/mol. The Morgan fingerprint density at radius 2 is 2.08 bits per heavy atom. The van der Waals surface area contributed by atoms with Crippen molar-refractivity contribution in [3.8, 4) is 11.3 Å². The van der Waals surface area contributed by atoms with E-state index >= 15 is 0 Å². The van der Waals surface area contributed by atoms with Crippen LogP contribution in [0.15, 0.2) is 34.9 Å². The predicted molar refractivity (Wildman–Crippen MR) is 84.9 cm³/mol. The van der Waals surface area contributed by atoms with Crippen LogP contribution in [0.3, 0.4) is 0 Å². The lowest BCUT2D eigenvalue weighted by atomic mass is 9.90. The maximum atomic E-state index is 13.9. The summed E-state index contributed by atoms with van der Waals surface area (Å²) in [4.78, 5) is 14.7. The summed E-state index contributed by atoms with van der Waals surface area (Å²) in [6.45, 7) is 1.10. The van der Waals surface area contributed by atoms with Gasteiger partial charge in [0.05, 0.1) is 24.3 Å². The minimum absolute atomic E-state index is 0.105. The molecule has 2 atom stereocenters. The number of carbonyl (C=O) groups is 1. The number of fused-ring (bicyclic) bond motifs is 1. The quantitative estimate of drug-likeness (QED) is 0.848. The van der Waals surface area contributed by atoms with Crippen LogP contribution in [0.5, 0.6) is 0 Å². The van der Waals surface area contributed by atoms with Gasteiger partial charge in [0, 0.05) is 12.6 Å². The smallest absolute Gasteiger partial charge is 0.276 e. The highest BCUT2D eigenvalue weighted by Crippen LogP contribution is 2.30. The Morgan fingerprint density at radius 1 is 1.25 bits per heavy atom. The van der Waals surface area contributed by atoms with Gasteiger partial charge in [0.25, 0.3) is 5.91 Å². The van der Waals surface area contributed by atoms with Crippen LogP contribution < -0.4 is 0 Å². The Labute approximate surface area is 139 Å². The zero-order chi connectivity index (χ0) is 16.5. The van der Waals surface area contributed by atoms with Crippen molar-refractivity contribution in [3.05, 3.63) is 41.8 Å². The van der Waals surface area contributed by atoms with E-state index < -0.39 is 5.82 Å². The van der Waals surface area contributed by atoms with Crippen LogP contribution in [0.1, 0.15) is 36.2 Å². The summed E-state index contributed by atoms with van der Waals surface area (Å²) in [5.41, 5.74) is 0.529. The molecule has 1 saturated heterocycles. The van der Waals surface area contributed by atoms with Gasteiger partial charge in [0.2, 0.25) is 0 Å². The number of aromatic nitrogens is 1. The molecule has 2 fully saturated rings. The second kappa shape index (κ2) is 6.36. The third-order valence-electron chi connectivity index (χ3n) is 4.86. The molecule has 1 amide bonds. The molecule has 0 N–H and O–H groups in total. The lowest BCUT2D eigenvalue weighted by Crippen LogP contribution is -2.54. The summed E-state index contributed by atoms with van der Waals surface area (Å²) in [5, 5.41) is 3.87. The monoisotopic (exact) mass is 330 g/mol. The summed E-state index contributed by atoms with van der Waals surface area (Å²) in [6.07, 6.45) is 4.31. The van der Waals surface area contributed by atoms with Crippen molar-refractivity contribution < 1.29 is 18.4 Å². The van der Waals surface area contributed by atoms with Crippen molar-refractivity contribution in [3.63, 3.8) is 0 Å².